The molecule has 0 heterocycles. The van der Waals surface area contributed by atoms with Gasteiger partial charge in [-0.25, -0.2) is 4.79 Å². The fourth-order valence-electron chi connectivity index (χ4n) is 2.27. The lowest BCUT2D eigenvalue weighted by molar-refractivity contribution is -0.0314. The number of rotatable bonds is 5. The lowest BCUT2D eigenvalue weighted by Crippen LogP contribution is -2.34. The Labute approximate surface area is 109 Å². The third-order valence-corrected chi connectivity index (χ3v) is 3.15. The van der Waals surface area contributed by atoms with Crippen molar-refractivity contribution in [2.24, 2.45) is 11.8 Å². The highest BCUT2D eigenvalue weighted by molar-refractivity contribution is 5.66. The molecule has 18 heavy (non-hydrogen) atoms. The molecule has 0 aromatic heterocycles. The van der Waals surface area contributed by atoms with Gasteiger partial charge in [-0.1, -0.05) is 25.7 Å². The van der Waals surface area contributed by atoms with Gasteiger partial charge in [0.1, 0.15) is 5.60 Å². The van der Waals surface area contributed by atoms with E-state index in [2.05, 4.69) is 5.48 Å². The number of amides is 1. The zero-order chi connectivity index (χ0) is 13.6. The highest BCUT2D eigenvalue weighted by Gasteiger charge is 2.25. The highest BCUT2D eigenvalue weighted by atomic mass is 16.7. The number of hydrogen-bond donors (Lipinski definition) is 2. The van der Waals surface area contributed by atoms with Crippen molar-refractivity contribution in [3.8, 4) is 0 Å². The minimum atomic E-state index is -0.592. The van der Waals surface area contributed by atoms with Gasteiger partial charge in [-0.05, 0) is 26.7 Å². The van der Waals surface area contributed by atoms with E-state index < -0.39 is 11.7 Å². The molecule has 1 saturated carbocycles. The average molecular weight is 259 g/mol. The van der Waals surface area contributed by atoms with Crippen LogP contribution < -0.4 is 5.48 Å². The van der Waals surface area contributed by atoms with Gasteiger partial charge in [-0.3, -0.25) is 4.84 Å². The molecule has 0 aromatic carbocycles. The average Bonchev–Trinajstić information content (AvgIpc) is 2.75. The van der Waals surface area contributed by atoms with Crippen LogP contribution in [0.5, 0.6) is 0 Å². The molecule has 1 aliphatic carbocycles. The van der Waals surface area contributed by atoms with Crippen molar-refractivity contribution in [1.29, 1.82) is 0 Å². The molecule has 0 aliphatic heterocycles. The van der Waals surface area contributed by atoms with Crippen LogP contribution in [0.3, 0.4) is 0 Å². The second-order valence-corrected chi connectivity index (χ2v) is 5.90. The van der Waals surface area contributed by atoms with Gasteiger partial charge >= 0.3 is 6.09 Å². The molecule has 0 spiro atoms. The maximum Gasteiger partial charge on any atom is 0.431 e. The summed E-state index contributed by atoms with van der Waals surface area (Å²) in [6.07, 6.45) is 4.13. The normalized spacial score (nSPS) is 18.7. The fourth-order valence-corrected chi connectivity index (χ4v) is 2.27. The first-order chi connectivity index (χ1) is 8.42. The molecular weight excluding hydrogens is 234 g/mol. The van der Waals surface area contributed by atoms with Gasteiger partial charge < -0.3 is 9.84 Å². The zero-order valence-corrected chi connectivity index (χ0v) is 11.6. The van der Waals surface area contributed by atoms with Crippen LogP contribution in [0.1, 0.15) is 46.5 Å². The molecule has 0 aromatic rings. The number of hydrogen-bond acceptors (Lipinski definition) is 4. The Morgan fingerprint density at radius 3 is 2.50 bits per heavy atom. The number of carbonyl (C=O) groups excluding carboxylic acids is 1. The summed E-state index contributed by atoms with van der Waals surface area (Å²) in [5.74, 6) is 0.609. The lowest BCUT2D eigenvalue weighted by Gasteiger charge is -2.22. The van der Waals surface area contributed by atoms with Gasteiger partial charge in [-0.2, -0.15) is 5.48 Å². The molecule has 1 unspecified atom stereocenters. The summed E-state index contributed by atoms with van der Waals surface area (Å²) in [5, 5.41) is 9.31. The summed E-state index contributed by atoms with van der Waals surface area (Å²) in [4.78, 5) is 16.5. The van der Waals surface area contributed by atoms with Crippen LogP contribution in [0.2, 0.25) is 0 Å². The molecule has 1 fully saturated rings. The van der Waals surface area contributed by atoms with Crippen molar-refractivity contribution in [2.45, 2.75) is 52.1 Å². The van der Waals surface area contributed by atoms with E-state index in [0.29, 0.717) is 12.5 Å². The lowest BCUT2D eigenvalue weighted by atomic mass is 9.92. The van der Waals surface area contributed by atoms with E-state index in [1.165, 1.54) is 12.8 Å². The van der Waals surface area contributed by atoms with Gasteiger partial charge in [-0.15, -0.1) is 0 Å². The Morgan fingerprint density at radius 1 is 1.39 bits per heavy atom. The number of hydroxylamine groups is 1. The number of carbonyl (C=O) groups is 1. The van der Waals surface area contributed by atoms with Crippen LogP contribution in [0.4, 0.5) is 4.79 Å². The predicted octanol–water partition coefficient (Wildman–Crippen LogP) is 2.24. The summed E-state index contributed by atoms with van der Waals surface area (Å²) >= 11 is 0. The van der Waals surface area contributed by atoms with Gasteiger partial charge in [0.2, 0.25) is 0 Å². The van der Waals surface area contributed by atoms with E-state index in [9.17, 15) is 9.90 Å². The molecule has 1 amide bonds. The van der Waals surface area contributed by atoms with E-state index >= 15 is 0 Å². The van der Waals surface area contributed by atoms with Gasteiger partial charge in [0.15, 0.2) is 0 Å². The van der Waals surface area contributed by atoms with Crippen molar-refractivity contribution in [3.05, 3.63) is 0 Å². The smallest absolute Gasteiger partial charge is 0.431 e. The molecule has 0 bridgehead atoms. The summed E-state index contributed by atoms with van der Waals surface area (Å²) in [6.45, 7) is 5.81. The second kappa shape index (κ2) is 6.95. The van der Waals surface area contributed by atoms with Crippen LogP contribution in [0.15, 0.2) is 0 Å². The molecular formula is C13H25NO4. The molecule has 5 heteroatoms. The van der Waals surface area contributed by atoms with E-state index in [1.54, 1.807) is 20.8 Å². The Kier molecular flexibility index (Phi) is 5.88. The third-order valence-electron chi connectivity index (χ3n) is 3.15. The first-order valence-electron chi connectivity index (χ1n) is 6.64. The van der Waals surface area contributed by atoms with Gasteiger partial charge in [0, 0.05) is 12.5 Å². The Hall–Kier alpha value is -0.810. The Bertz CT molecular complexity index is 256. The van der Waals surface area contributed by atoms with Crippen molar-refractivity contribution >= 4 is 6.09 Å². The molecule has 0 radical (unpaired) electrons. The number of ether oxygens (including phenoxy) is 1. The molecule has 106 valence electrons. The van der Waals surface area contributed by atoms with Crippen LogP contribution in [0, 0.1) is 11.8 Å². The standard InChI is InChI=1S/C13H25NO4/c1-13(2,3)18-12(16)14-17-9-11(8-15)10-6-4-5-7-10/h10-11,15H,4-9H2,1-3H3,(H,14,16). The number of aliphatic hydroxyl groups is 1. The van der Waals surface area contributed by atoms with Crippen LogP contribution in [0.25, 0.3) is 0 Å². The highest BCUT2D eigenvalue weighted by Crippen LogP contribution is 2.31. The molecule has 5 nitrogen and oxygen atoms in total. The largest absolute Gasteiger partial charge is 0.442 e. The summed E-state index contributed by atoms with van der Waals surface area (Å²) in [7, 11) is 0. The minimum absolute atomic E-state index is 0.0979. The van der Waals surface area contributed by atoms with Gasteiger partial charge in [0.05, 0.1) is 6.61 Å². The molecule has 2 N–H and O–H groups in total. The first-order valence-corrected chi connectivity index (χ1v) is 6.64. The summed E-state index contributed by atoms with van der Waals surface area (Å²) in [5.41, 5.74) is 1.72. The van der Waals surface area contributed by atoms with Crippen LogP contribution in [-0.2, 0) is 9.57 Å². The first kappa shape index (κ1) is 15.2. The van der Waals surface area contributed by atoms with E-state index in [0.717, 1.165) is 12.8 Å². The maximum absolute atomic E-state index is 11.3. The fraction of sp³-hybridized carbons (Fsp3) is 0.923. The van der Waals surface area contributed by atoms with Crippen molar-refractivity contribution in [1.82, 2.24) is 5.48 Å². The quantitative estimate of drug-likeness (QED) is 0.743. The van der Waals surface area contributed by atoms with E-state index in [1.807, 2.05) is 0 Å². The van der Waals surface area contributed by atoms with Crippen LogP contribution >= 0.6 is 0 Å². The molecule has 0 saturated heterocycles. The second-order valence-electron chi connectivity index (χ2n) is 5.90. The Morgan fingerprint density at radius 2 is 2.00 bits per heavy atom. The van der Waals surface area contributed by atoms with Gasteiger partial charge in [0.25, 0.3) is 0 Å². The number of nitrogens with one attached hydrogen (secondary N) is 1. The molecule has 1 aliphatic rings. The monoisotopic (exact) mass is 259 g/mol. The summed E-state index contributed by atoms with van der Waals surface area (Å²) in [6, 6.07) is 0. The van der Waals surface area contributed by atoms with Crippen molar-refractivity contribution < 1.29 is 19.5 Å². The van der Waals surface area contributed by atoms with Crippen molar-refractivity contribution in [2.75, 3.05) is 13.2 Å². The molecule has 1 rings (SSSR count). The third kappa shape index (κ3) is 5.69. The minimum Gasteiger partial charge on any atom is -0.442 e. The van der Waals surface area contributed by atoms with E-state index in [4.69, 9.17) is 9.57 Å². The topological polar surface area (TPSA) is 67.8 Å². The maximum atomic E-state index is 11.3. The SMILES string of the molecule is CC(C)(C)OC(=O)NOCC(CO)C1CCCC1. The van der Waals surface area contributed by atoms with E-state index in [-0.39, 0.29) is 12.5 Å². The summed E-state index contributed by atoms with van der Waals surface area (Å²) < 4.78 is 5.04. The number of aliphatic hydroxyl groups excluding tert-OH is 1. The van der Waals surface area contributed by atoms with Crippen molar-refractivity contribution in [3.63, 3.8) is 0 Å². The molecule has 1 atom stereocenters. The predicted molar refractivity (Wildman–Crippen MR) is 67.9 cm³/mol. The van der Waals surface area contributed by atoms with Crippen LogP contribution in [-0.4, -0.2) is 30.0 Å². The zero-order valence-electron chi connectivity index (χ0n) is 11.6. The Balaban J connectivity index is 2.20.